The highest BCUT2D eigenvalue weighted by molar-refractivity contribution is 6.00. The Balaban J connectivity index is 0.000000146. The summed E-state index contributed by atoms with van der Waals surface area (Å²) >= 11 is 0. The first kappa shape index (κ1) is 82.7. The maximum Gasteiger partial charge on any atom is 0.260 e. The molecule has 0 spiro atoms. The fraction of sp³-hybridized carbons (Fsp3) is 0.238. The second-order valence-electron chi connectivity index (χ2n) is 34.2. The molecular weight excluding hydrogens is 1940 g/mol. The zero-order valence-electron chi connectivity index (χ0n) is 97.7. The average molecular weight is 2050 g/mol. The summed E-state index contributed by atoms with van der Waals surface area (Å²) in [6.07, 6.45) is -1.45. The van der Waals surface area contributed by atoms with Crippen LogP contribution in [0.25, 0.3) is 79.9 Å². The second-order valence-corrected chi connectivity index (χ2v) is 34.2. The lowest BCUT2D eigenvalue weighted by molar-refractivity contribution is 0.0771. The van der Waals surface area contributed by atoms with E-state index in [0.717, 1.165) is 54.6 Å². The largest absolute Gasteiger partial charge is 0.482 e. The number of aromatic nitrogens is 15. The van der Waals surface area contributed by atoms with Crippen molar-refractivity contribution in [2.75, 3.05) is 63.7 Å². The Morgan fingerprint density at radius 1 is 0.307 bits per heavy atom. The number of pyridine rings is 5. The molecule has 5 aromatic carbocycles. The number of aryl methyl sites for hydroxylation is 5. The van der Waals surface area contributed by atoms with E-state index in [4.69, 9.17) is 109 Å². The molecule has 0 aliphatic carbocycles. The third-order valence-corrected chi connectivity index (χ3v) is 24.2. The molecule has 10 aromatic heterocycles. The molecule has 5 aliphatic heterocycles. The first-order chi connectivity index (χ1) is 78.3. The van der Waals surface area contributed by atoms with Gasteiger partial charge in [-0.25, -0.2) is 70.3 Å². The fourth-order valence-corrected chi connectivity index (χ4v) is 17.1. The van der Waals surface area contributed by atoms with Crippen molar-refractivity contribution in [2.24, 2.45) is 35.2 Å². The van der Waals surface area contributed by atoms with Gasteiger partial charge in [-0.1, -0.05) is 32.9 Å². The summed E-state index contributed by atoms with van der Waals surface area (Å²) in [4.78, 5) is 110. The second kappa shape index (κ2) is 42.0. The third kappa shape index (κ3) is 20.3. The van der Waals surface area contributed by atoms with Crippen LogP contribution in [0.4, 0.5) is 80.1 Å². The van der Waals surface area contributed by atoms with Crippen LogP contribution in [0, 0.1) is 61.9 Å². The van der Waals surface area contributed by atoms with Crippen LogP contribution in [0.5, 0.6) is 28.7 Å². The third-order valence-electron chi connectivity index (χ3n) is 24.2. The van der Waals surface area contributed by atoms with Gasteiger partial charge in [0.25, 0.3) is 58.6 Å². The molecule has 20 rings (SSSR count). The minimum absolute atomic E-state index is 0.0210. The van der Waals surface area contributed by atoms with Gasteiger partial charge < -0.3 is 101 Å². The number of hydrogen-bond acceptors (Lipinski definition) is 25. The number of nitrogens with two attached hydrogens (primary N) is 5. The lowest BCUT2D eigenvalue weighted by atomic mass is 10.0. The van der Waals surface area contributed by atoms with Crippen LogP contribution in [-0.2, 0) is 68.0 Å². The van der Waals surface area contributed by atoms with E-state index < -0.39 is 154 Å². The SMILES string of the molecule is [2H]C([2H])([2H])C1([2H])Oc2cc(cnc2N)-c2c(nn(C)c2[N+]#[C-])CN(C)C(=O)c2ccc(F)cc21.[2H]C([2H])([2H])N1Cc2nn(C)c([N+]#[C-])c2-c2cnc(N)c(c2)OC(C)c2cc(F)ccc2C1=O.[2H]C([2H])([2H])N1Cc2nn(C)c([N+]#[C-])c2-c2cnc(N)c(c2)OC(C)c2cc(F)ccc2C1=O.[2H]C([2H])([2H])N1Cc2nn(C)c([N+]#[C-])c2-c2cnc(N)c(c2)O[C@@]([2H])(C([2H])([2H])[2H])c2cc(F)ccc2C1=O.[C-]#[N+]c1c2c(nn1C)CN(C)C(=O)c1ccc(F)cc1C(C)Oc1cc-2cnc1N. The predicted octanol–water partition coefficient (Wildman–Crippen LogP) is 17.4. The van der Waals surface area contributed by atoms with Crippen LogP contribution < -0.4 is 52.4 Å². The van der Waals surface area contributed by atoms with Crippen molar-refractivity contribution >= 4 is 87.7 Å². The van der Waals surface area contributed by atoms with Crippen molar-refractivity contribution in [3.8, 4) is 84.4 Å². The summed E-state index contributed by atoms with van der Waals surface area (Å²) in [7, 11) is 10.9. The van der Waals surface area contributed by atoms with Gasteiger partial charge in [-0.2, -0.15) is 0 Å². The van der Waals surface area contributed by atoms with Crippen molar-refractivity contribution < 1.29 is 92.9 Å². The number of halogens is 5. The smallest absolute Gasteiger partial charge is 0.260 e. The van der Waals surface area contributed by atoms with E-state index in [1.807, 2.05) is 0 Å². The molecule has 150 heavy (non-hydrogen) atoms. The highest BCUT2D eigenvalue weighted by Crippen LogP contribution is 2.47. The van der Waals surface area contributed by atoms with E-state index >= 15 is 0 Å². The van der Waals surface area contributed by atoms with E-state index in [9.17, 15) is 45.9 Å². The number of anilines is 5. The van der Waals surface area contributed by atoms with Crippen molar-refractivity contribution in [1.29, 1.82) is 0 Å². The summed E-state index contributed by atoms with van der Waals surface area (Å²) in [6.45, 7) is 26.1. The number of nitrogen functional groups attached to an aromatic ring is 5. The minimum Gasteiger partial charge on any atom is -0.482 e. The molecule has 45 heteroatoms. The summed E-state index contributed by atoms with van der Waals surface area (Å²) in [5, 5.41) is 21.7. The number of benzene rings is 5. The standard InChI is InChI=1S/5C21H19FN6O2/c5*1-11-15-8-13(22)5-6-14(15)21(29)27(3)10-16-18(20(24-2)28(4)26-16)12-7-17(30-11)19(23)25-9-12/h5*5-9,11H,10H2,1,3-4H3,(H2,23,25)/t11-;;;;/m0..../s1/i1D3,3D3,11D;1D3,11D;2*3D3;. The normalized spacial score (nSPS) is 19.0. The van der Waals surface area contributed by atoms with Crippen molar-refractivity contribution in [3.05, 3.63) is 323 Å². The Hall–Kier alpha value is -19.6. The quantitative estimate of drug-likeness (QED) is 0.0695. The van der Waals surface area contributed by atoms with Crippen LogP contribution in [0.15, 0.2) is 152 Å². The number of rotatable bonds is 0. The molecule has 0 fully saturated rings. The van der Waals surface area contributed by atoms with Gasteiger partial charge in [0, 0.05) is 170 Å². The van der Waals surface area contributed by atoms with Gasteiger partial charge in [0.1, 0.15) is 88.0 Å². The van der Waals surface area contributed by atoms with Gasteiger partial charge in [0.05, 0.1) is 70.7 Å². The molecule has 0 radical (unpaired) electrons. The van der Waals surface area contributed by atoms with Crippen LogP contribution in [0.3, 0.4) is 0 Å². The number of carbonyl (C=O) groups is 5. The van der Waals surface area contributed by atoms with Crippen molar-refractivity contribution in [3.63, 3.8) is 0 Å². The van der Waals surface area contributed by atoms with E-state index in [-0.39, 0.29) is 156 Å². The molecule has 5 atom stereocenters. The number of nitrogens with zero attached hydrogens (tertiary/aromatic N) is 25. The lowest BCUT2D eigenvalue weighted by Gasteiger charge is -2.23. The van der Waals surface area contributed by atoms with E-state index in [1.165, 1.54) is 115 Å². The van der Waals surface area contributed by atoms with Crippen molar-refractivity contribution in [1.82, 2.24) is 98.3 Å². The Morgan fingerprint density at radius 2 is 0.500 bits per heavy atom. The zero-order chi connectivity index (χ0) is 122. The zero-order valence-corrected chi connectivity index (χ0v) is 80.7. The van der Waals surface area contributed by atoms with Gasteiger partial charge in [-0.05, 0) is 184 Å². The van der Waals surface area contributed by atoms with Gasteiger partial charge in [0.15, 0.2) is 57.8 Å². The molecule has 760 valence electrons. The molecule has 0 saturated heterocycles. The number of amides is 5. The summed E-state index contributed by atoms with van der Waals surface area (Å²) in [6, 6.07) is 23.5. The minimum atomic E-state index is -3.33. The molecule has 10 N–H and O–H groups in total. The molecule has 4 unspecified atom stereocenters. The predicted molar refractivity (Wildman–Crippen MR) is 542 cm³/mol. The van der Waals surface area contributed by atoms with Crippen LogP contribution in [-0.4, -0.2) is 163 Å². The first-order valence-corrected chi connectivity index (χ1v) is 44.6. The summed E-state index contributed by atoms with van der Waals surface area (Å²) in [5.41, 5.74) is 33.6. The maximum atomic E-state index is 14.4. The van der Waals surface area contributed by atoms with Gasteiger partial charge in [-0.15, -0.1) is 25.5 Å². The number of hydrogen-bond donors (Lipinski definition) is 5. The van der Waals surface area contributed by atoms with Gasteiger partial charge >= 0.3 is 0 Å². The Bertz CT molecular complexity index is 8840. The molecule has 5 aliphatic rings. The molecule has 0 saturated carbocycles. The molecule has 10 bridgehead atoms. The molecular formula is C105H95F5N30O10. The number of fused-ring (bicyclic) bond motifs is 25. The van der Waals surface area contributed by atoms with Gasteiger partial charge in [-0.3, -0.25) is 24.0 Å². The first-order valence-electron chi connectivity index (χ1n) is 53.1. The van der Waals surface area contributed by atoms with E-state index in [0.29, 0.717) is 93.6 Å². The highest BCUT2D eigenvalue weighted by Gasteiger charge is 2.37. The molecule has 5 amide bonds. The van der Waals surface area contributed by atoms with Crippen LogP contribution in [0.2, 0.25) is 0 Å². The van der Waals surface area contributed by atoms with Gasteiger partial charge in [0.2, 0.25) is 0 Å². The number of ether oxygens (including phenoxy) is 5. The fourth-order valence-electron chi connectivity index (χ4n) is 17.1. The van der Waals surface area contributed by atoms with E-state index in [2.05, 4.69) is 74.6 Å². The maximum absolute atomic E-state index is 14.4. The molecule has 15 heterocycles. The van der Waals surface area contributed by atoms with Crippen molar-refractivity contribution in [2.45, 2.75) is 97.7 Å². The topological polar surface area (TPSA) is 453 Å². The highest BCUT2D eigenvalue weighted by atomic mass is 19.1. The molecule has 15 aromatic rings. The molecule has 40 nitrogen and oxygen atoms in total. The summed E-state index contributed by atoms with van der Waals surface area (Å²) in [5.74, 6) is -7.05. The lowest BCUT2D eigenvalue weighted by Crippen LogP contribution is -2.28. The van der Waals surface area contributed by atoms with E-state index in [1.54, 1.807) is 80.4 Å². The number of carbonyl (C=O) groups excluding carboxylic acids is 5. The summed E-state index contributed by atoms with van der Waals surface area (Å²) < 4.78 is 244. The average Bonchev–Trinajstić information content (AvgIpc) is 1.66. The Morgan fingerprint density at radius 3 is 0.707 bits per heavy atom. The Labute approximate surface area is 879 Å². The van der Waals surface area contributed by atoms with Crippen LogP contribution >= 0.6 is 0 Å². The Kier molecular flexibility index (Phi) is 23.1. The van der Waals surface area contributed by atoms with Crippen LogP contribution in [0.1, 0.15) is 196 Å². The monoisotopic (exact) mass is 2050 g/mol.